The molecule has 3 aliphatic heterocycles. The third-order valence-electron chi connectivity index (χ3n) is 25.1. The molecule has 3 saturated heterocycles. The van der Waals surface area contributed by atoms with Crippen LogP contribution in [0.25, 0.3) is 33.3 Å². The van der Waals surface area contributed by atoms with Crippen LogP contribution in [-0.4, -0.2) is 155 Å². The summed E-state index contributed by atoms with van der Waals surface area (Å²) < 4.78 is 23.4. The number of esters is 1. The van der Waals surface area contributed by atoms with E-state index in [9.17, 15) is 38.4 Å². The van der Waals surface area contributed by atoms with Gasteiger partial charge in [-0.25, -0.2) is 34.5 Å². The molecule has 3 saturated carbocycles. The molecule has 0 aromatic carbocycles. The fourth-order valence-electron chi connectivity index (χ4n) is 17.1. The standard InChI is InChI=1S/C33H42N4O5.C32H40N4O5.C26H37N3O3.CH4.H2/c1-31(2,3)22-17-23(20-11-13-32(4,5)14-12-20)35-24-18-25(42-27(22)24)28(38)37-16-15-36(30(40)33(37,6)7)26-10-9-21(19-34-26)29(39)41-8;1-30(2,3)21-16-22(19-10-12-31(4,5)13-11-19)34-23-17-24(41-26(21)23)27(37)36-15-14-35(29(40)32(36,6)7)25-9-8-20(18-33-25)28(38)39;1-24(2,3)17-14-18(16-8-10-25(4,5)11-9-16)28-19-15-20(32-21(17)19)22(30)29-13-12-27-23(31)26(29,6)7;;/h9-10,17-20H,11-16H2,1-8H3;8-9,16-19H,10-15H2,1-7H3,(H,38,39);14-16H,8-13H2,1-7H3,(H,27,31);1H4;1H. The van der Waals surface area contributed by atoms with Gasteiger partial charge in [0.15, 0.2) is 34.0 Å². The summed E-state index contributed by atoms with van der Waals surface area (Å²) in [7, 11) is 1.30. The van der Waals surface area contributed by atoms with E-state index in [1.807, 2.05) is 0 Å². The molecule has 11 heterocycles. The fourth-order valence-corrected chi connectivity index (χ4v) is 17.1. The molecular formula is C92H125N11O13. The number of methoxy groups -OCH3 is 1. The van der Waals surface area contributed by atoms with E-state index in [0.29, 0.717) is 92.1 Å². The second kappa shape index (κ2) is 31.9. The Morgan fingerprint density at radius 3 is 1.05 bits per heavy atom. The van der Waals surface area contributed by atoms with Crippen molar-refractivity contribution in [2.75, 3.05) is 56.2 Å². The Hall–Kier alpha value is -9.87. The van der Waals surface area contributed by atoms with Gasteiger partial charge in [0.05, 0.1) is 18.2 Å². The lowest BCUT2D eigenvalue weighted by Gasteiger charge is -2.45. The Labute approximate surface area is 684 Å². The van der Waals surface area contributed by atoms with Gasteiger partial charge in [0.1, 0.15) is 44.8 Å². The molecular weight excluding hydrogens is 1470 g/mol. The van der Waals surface area contributed by atoms with Crippen LogP contribution in [0.15, 0.2) is 86.3 Å². The maximum absolute atomic E-state index is 13.9. The number of aromatic nitrogens is 5. The summed E-state index contributed by atoms with van der Waals surface area (Å²) >= 11 is 0. The molecule has 24 nitrogen and oxygen atoms in total. The zero-order valence-corrected chi connectivity index (χ0v) is 71.7. The molecule has 2 N–H and O–H groups in total. The van der Waals surface area contributed by atoms with Gasteiger partial charge in [-0.05, 0) is 194 Å². The zero-order valence-electron chi connectivity index (χ0n) is 71.7. The second-order valence-corrected chi connectivity index (χ2v) is 39.6. The lowest BCUT2D eigenvalue weighted by molar-refractivity contribution is -0.133. The number of aromatic carboxylic acids is 1. The number of anilines is 2. The van der Waals surface area contributed by atoms with E-state index >= 15 is 0 Å². The molecule has 6 amide bonds. The minimum atomic E-state index is -1.18. The summed E-state index contributed by atoms with van der Waals surface area (Å²) in [5.41, 5.74) is 8.02. The first-order valence-electron chi connectivity index (χ1n) is 41.0. The molecule has 8 aromatic rings. The number of nitrogens with one attached hydrogen (secondary N) is 1. The highest BCUT2D eigenvalue weighted by molar-refractivity contribution is 6.07. The number of hydrogen-bond acceptors (Lipinski definition) is 17. The Balaban J connectivity index is 0.000000185. The van der Waals surface area contributed by atoms with Gasteiger partial charge in [0.25, 0.3) is 29.5 Å². The summed E-state index contributed by atoms with van der Waals surface area (Å²) in [5, 5.41) is 12.0. The van der Waals surface area contributed by atoms with Gasteiger partial charge < -0.3 is 43.1 Å². The second-order valence-electron chi connectivity index (χ2n) is 39.6. The number of carboxylic acids is 1. The predicted molar refractivity (Wildman–Crippen MR) is 452 cm³/mol. The van der Waals surface area contributed by atoms with Crippen molar-refractivity contribution in [1.29, 1.82) is 0 Å². The van der Waals surface area contributed by atoms with E-state index in [1.54, 1.807) is 86.6 Å². The number of rotatable bonds is 10. The Kier molecular flexibility index (Phi) is 23.9. The molecule has 116 heavy (non-hydrogen) atoms. The van der Waals surface area contributed by atoms with Gasteiger partial charge in [-0.15, -0.1) is 0 Å². The SMILES string of the molecule is C.CC1(C)CCC(c2cc(C(C)(C)C)c3oc(C(=O)N4CCN(c5ccc(C(=O)O)cn5)C(=O)C4(C)C)cc3n2)CC1.CC1(C)CCC(c2cc(C(C)(C)C)c3oc(C(=O)N4CCNC(=O)C4(C)C)cc3n2)CC1.COC(=O)c1ccc(N2CCN(C(=O)c3cc4nc(C5CCC(C)(C)CC5)cc(C(C)(C)C)c4o3)C(C)(C)C2=O)nc1.[HH]. The van der Waals surface area contributed by atoms with Gasteiger partial charge in [0, 0.05) is 123 Å². The lowest BCUT2D eigenvalue weighted by atomic mass is 9.72. The highest BCUT2D eigenvalue weighted by Crippen LogP contribution is 2.48. The first kappa shape index (κ1) is 87.0. The number of carbonyl (C=O) groups is 8. The molecule has 626 valence electrons. The van der Waals surface area contributed by atoms with Crippen molar-refractivity contribution in [1.82, 2.24) is 44.9 Å². The van der Waals surface area contributed by atoms with Crippen LogP contribution in [0, 0.1) is 16.2 Å². The van der Waals surface area contributed by atoms with E-state index < -0.39 is 28.6 Å². The van der Waals surface area contributed by atoms with Crippen molar-refractivity contribution < 1.29 is 62.9 Å². The number of ether oxygens (including phenoxy) is 1. The maximum Gasteiger partial charge on any atom is 0.339 e. The van der Waals surface area contributed by atoms with Crippen LogP contribution in [0.3, 0.4) is 0 Å². The van der Waals surface area contributed by atoms with Crippen LogP contribution in [0.5, 0.6) is 0 Å². The lowest BCUT2D eigenvalue weighted by Crippen LogP contribution is -2.64. The van der Waals surface area contributed by atoms with Crippen molar-refractivity contribution >= 4 is 92.3 Å². The van der Waals surface area contributed by atoms with Gasteiger partial charge in [0.2, 0.25) is 5.91 Å². The number of nitrogens with zero attached hydrogens (tertiary/aromatic N) is 10. The minimum absolute atomic E-state index is 0. The van der Waals surface area contributed by atoms with E-state index in [2.05, 4.69) is 137 Å². The molecule has 24 heteroatoms. The van der Waals surface area contributed by atoms with Crippen LogP contribution in [0.1, 0.15) is 335 Å². The summed E-state index contributed by atoms with van der Waals surface area (Å²) in [5.74, 6) is -0.722. The van der Waals surface area contributed by atoms with Crippen LogP contribution in [-0.2, 0) is 35.4 Å². The largest absolute Gasteiger partial charge is 0.478 e. The van der Waals surface area contributed by atoms with Crippen molar-refractivity contribution in [3.63, 3.8) is 0 Å². The average Bonchev–Trinajstić information content (AvgIpc) is 1.73. The van der Waals surface area contributed by atoms with E-state index in [-0.39, 0.29) is 110 Å². The third-order valence-corrected chi connectivity index (χ3v) is 25.1. The van der Waals surface area contributed by atoms with Crippen LogP contribution >= 0.6 is 0 Å². The van der Waals surface area contributed by atoms with Gasteiger partial charge in [-0.3, -0.25) is 38.6 Å². The number of carbonyl (C=O) groups excluding carboxylic acids is 7. The maximum atomic E-state index is 13.9. The fraction of sp³-hybridized carbons (Fsp3) is 0.576. The predicted octanol–water partition coefficient (Wildman–Crippen LogP) is 18.5. The topological polar surface area (TPSA) is 298 Å². The Bertz CT molecular complexity index is 5070. The molecule has 0 unspecified atom stereocenters. The number of pyridine rings is 5. The Morgan fingerprint density at radius 1 is 0.457 bits per heavy atom. The van der Waals surface area contributed by atoms with E-state index in [0.717, 1.165) is 103 Å². The quantitative estimate of drug-likeness (QED) is 0.120. The molecule has 0 spiro atoms. The summed E-state index contributed by atoms with van der Waals surface area (Å²) in [4.78, 5) is 135. The average molecular weight is 1590 g/mol. The highest BCUT2D eigenvalue weighted by Gasteiger charge is 2.49. The zero-order chi connectivity index (χ0) is 84.0. The van der Waals surface area contributed by atoms with Crippen LogP contribution < -0.4 is 15.1 Å². The molecule has 6 fully saturated rings. The molecule has 6 aliphatic rings. The van der Waals surface area contributed by atoms with Gasteiger partial charge in [-0.1, -0.05) is 111 Å². The van der Waals surface area contributed by atoms with Crippen molar-refractivity contribution in [2.24, 2.45) is 16.2 Å². The van der Waals surface area contributed by atoms with Crippen molar-refractivity contribution in [3.8, 4) is 0 Å². The van der Waals surface area contributed by atoms with Gasteiger partial charge >= 0.3 is 11.9 Å². The summed E-state index contributed by atoms with van der Waals surface area (Å²) in [6.45, 7) is 45.7. The summed E-state index contributed by atoms with van der Waals surface area (Å²) in [6, 6.07) is 17.9. The van der Waals surface area contributed by atoms with Crippen molar-refractivity contribution in [2.45, 2.75) is 280 Å². The minimum Gasteiger partial charge on any atom is -0.478 e. The number of hydrogen-bond donors (Lipinski definition) is 2. The monoisotopic (exact) mass is 1590 g/mol. The van der Waals surface area contributed by atoms with Crippen LogP contribution in [0.4, 0.5) is 11.6 Å². The molecule has 3 aliphatic carbocycles. The van der Waals surface area contributed by atoms with Gasteiger partial charge in [-0.2, -0.15) is 0 Å². The third kappa shape index (κ3) is 17.7. The molecule has 0 atom stereocenters. The summed E-state index contributed by atoms with van der Waals surface area (Å²) in [6.07, 6.45) is 16.3. The normalized spacial score (nSPS) is 19.8. The molecule has 0 bridgehead atoms. The first-order valence-corrected chi connectivity index (χ1v) is 41.0. The van der Waals surface area contributed by atoms with E-state index in [4.69, 9.17) is 38.0 Å². The number of piperazine rings is 3. The highest BCUT2D eigenvalue weighted by atomic mass is 16.5. The molecule has 14 rings (SSSR count). The molecule has 0 radical (unpaired) electrons. The number of fused-ring (bicyclic) bond motifs is 3. The molecule has 8 aromatic heterocycles. The number of amides is 6. The first-order chi connectivity index (χ1) is 53.5. The number of carboxylic acid groups (broad SMARTS) is 1. The van der Waals surface area contributed by atoms with Crippen molar-refractivity contribution in [3.05, 3.63) is 135 Å². The number of furan rings is 3. The smallest absolute Gasteiger partial charge is 0.339 e. The Morgan fingerprint density at radius 2 is 0.767 bits per heavy atom. The van der Waals surface area contributed by atoms with Crippen LogP contribution in [0.2, 0.25) is 0 Å². The van der Waals surface area contributed by atoms with E-state index in [1.165, 1.54) is 54.3 Å².